The number of hydrogen-bond acceptors (Lipinski definition) is 0. The fourth-order valence-corrected chi connectivity index (χ4v) is 1.38. The Morgan fingerprint density at radius 2 is 1.43 bits per heavy atom. The summed E-state index contributed by atoms with van der Waals surface area (Å²) in [5.74, 6) is 4.00. The van der Waals surface area contributed by atoms with Crippen molar-refractivity contribution in [2.24, 2.45) is 22.7 Å². The summed E-state index contributed by atoms with van der Waals surface area (Å²) in [6.07, 6.45) is 6.73. The predicted molar refractivity (Wildman–Crippen MR) is 65.0 cm³/mol. The van der Waals surface area contributed by atoms with E-state index in [-0.39, 0.29) is 5.41 Å². The first-order valence-electron chi connectivity index (χ1n) is 5.55. The Balaban J connectivity index is 4.45. The van der Waals surface area contributed by atoms with Crippen LogP contribution in [0.4, 0.5) is 0 Å². The van der Waals surface area contributed by atoms with Crippen LogP contribution in [0.5, 0.6) is 0 Å². The van der Waals surface area contributed by atoms with Crippen molar-refractivity contribution in [1.29, 1.82) is 0 Å². The highest BCUT2D eigenvalue weighted by molar-refractivity contribution is 5.00. The van der Waals surface area contributed by atoms with E-state index in [2.05, 4.69) is 54.4 Å². The van der Waals surface area contributed by atoms with Gasteiger partial charge in [-0.3, -0.25) is 0 Å². The molecule has 0 aromatic heterocycles. The molecule has 0 fully saturated rings. The van der Waals surface area contributed by atoms with E-state index in [0.717, 1.165) is 6.42 Å². The van der Waals surface area contributed by atoms with Gasteiger partial charge in [0.1, 0.15) is 0 Å². The highest BCUT2D eigenvalue weighted by atomic mass is 14.3. The Labute approximate surface area is 90.5 Å². The van der Waals surface area contributed by atoms with Crippen LogP contribution in [0, 0.1) is 35.0 Å². The van der Waals surface area contributed by atoms with Crippen molar-refractivity contribution in [2.45, 2.75) is 54.9 Å². The van der Waals surface area contributed by atoms with Gasteiger partial charge >= 0.3 is 0 Å². The zero-order valence-corrected chi connectivity index (χ0v) is 10.9. The van der Waals surface area contributed by atoms with E-state index in [1.165, 1.54) is 0 Å². The lowest BCUT2D eigenvalue weighted by molar-refractivity contribution is 0.179. The third-order valence-electron chi connectivity index (χ3n) is 3.31. The van der Waals surface area contributed by atoms with Crippen molar-refractivity contribution in [2.75, 3.05) is 0 Å². The summed E-state index contributed by atoms with van der Waals surface area (Å²) in [4.78, 5) is 0. The molecular weight excluding hydrogens is 168 g/mol. The number of hydrogen-bond donors (Lipinski definition) is 0. The van der Waals surface area contributed by atoms with Crippen molar-refractivity contribution in [3.05, 3.63) is 0 Å². The highest BCUT2D eigenvalue weighted by Gasteiger charge is 2.28. The zero-order chi connectivity index (χ0) is 11.6. The zero-order valence-electron chi connectivity index (χ0n) is 10.9. The molecule has 0 aliphatic carbocycles. The molecule has 0 rings (SSSR count). The first-order valence-corrected chi connectivity index (χ1v) is 5.55. The smallest absolute Gasteiger partial charge is 0.0251 e. The van der Waals surface area contributed by atoms with Crippen molar-refractivity contribution in [3.63, 3.8) is 0 Å². The maximum absolute atomic E-state index is 5.60. The quantitative estimate of drug-likeness (QED) is 0.573. The molecule has 14 heavy (non-hydrogen) atoms. The SMILES string of the molecule is C#CC(CC(C)C(C)(C)C)C(C)(C)C. The first-order chi connectivity index (χ1) is 6.09. The summed E-state index contributed by atoms with van der Waals surface area (Å²) < 4.78 is 0. The molecule has 0 heteroatoms. The molecule has 0 N–H and O–H groups in total. The van der Waals surface area contributed by atoms with E-state index in [0.29, 0.717) is 17.3 Å². The lowest BCUT2D eigenvalue weighted by atomic mass is 9.70. The van der Waals surface area contributed by atoms with Gasteiger partial charge in [-0.05, 0) is 23.2 Å². The molecule has 0 amide bonds. The topological polar surface area (TPSA) is 0 Å². The van der Waals surface area contributed by atoms with Gasteiger partial charge in [0.05, 0.1) is 0 Å². The molecule has 0 bridgehead atoms. The minimum Gasteiger partial charge on any atom is -0.120 e. The second-order valence-electron chi connectivity index (χ2n) is 6.59. The van der Waals surface area contributed by atoms with Crippen LogP contribution in [0.3, 0.4) is 0 Å². The third kappa shape index (κ3) is 4.18. The van der Waals surface area contributed by atoms with Gasteiger partial charge in [0, 0.05) is 5.92 Å². The summed E-state index contributed by atoms with van der Waals surface area (Å²) in [5, 5.41) is 0. The van der Waals surface area contributed by atoms with Gasteiger partial charge < -0.3 is 0 Å². The fourth-order valence-electron chi connectivity index (χ4n) is 1.38. The van der Waals surface area contributed by atoms with Gasteiger partial charge in [-0.1, -0.05) is 48.5 Å². The highest BCUT2D eigenvalue weighted by Crippen LogP contribution is 2.36. The van der Waals surface area contributed by atoms with E-state index >= 15 is 0 Å². The van der Waals surface area contributed by atoms with Crippen molar-refractivity contribution in [1.82, 2.24) is 0 Å². The molecule has 2 unspecified atom stereocenters. The lowest BCUT2D eigenvalue weighted by Crippen LogP contribution is -2.26. The summed E-state index contributed by atoms with van der Waals surface area (Å²) in [6.45, 7) is 15.8. The van der Waals surface area contributed by atoms with Gasteiger partial charge in [0.25, 0.3) is 0 Å². The van der Waals surface area contributed by atoms with Crippen molar-refractivity contribution in [3.8, 4) is 12.3 Å². The molecule has 0 saturated heterocycles. The van der Waals surface area contributed by atoms with Crippen LogP contribution in [0.25, 0.3) is 0 Å². The van der Waals surface area contributed by atoms with Crippen LogP contribution in [0.1, 0.15) is 54.9 Å². The third-order valence-corrected chi connectivity index (χ3v) is 3.31. The van der Waals surface area contributed by atoms with E-state index in [9.17, 15) is 0 Å². The van der Waals surface area contributed by atoms with Gasteiger partial charge in [-0.25, -0.2) is 0 Å². The summed E-state index contributed by atoms with van der Waals surface area (Å²) >= 11 is 0. The van der Waals surface area contributed by atoms with E-state index in [1.807, 2.05) is 0 Å². The molecule has 0 spiro atoms. The number of terminal acetylenes is 1. The Morgan fingerprint density at radius 3 is 1.64 bits per heavy atom. The normalized spacial score (nSPS) is 17.3. The molecule has 2 atom stereocenters. The molecule has 0 nitrogen and oxygen atoms in total. The molecular formula is C14H26. The van der Waals surface area contributed by atoms with Crippen LogP contribution in [-0.4, -0.2) is 0 Å². The Kier molecular flexibility index (Phi) is 4.25. The van der Waals surface area contributed by atoms with E-state index in [1.54, 1.807) is 0 Å². The van der Waals surface area contributed by atoms with Gasteiger partial charge in [-0.15, -0.1) is 12.3 Å². The summed E-state index contributed by atoms with van der Waals surface area (Å²) in [5.41, 5.74) is 0.592. The van der Waals surface area contributed by atoms with Gasteiger partial charge in [0.2, 0.25) is 0 Å². The van der Waals surface area contributed by atoms with E-state index < -0.39 is 0 Å². The Hall–Kier alpha value is -0.440. The fraction of sp³-hybridized carbons (Fsp3) is 0.857. The van der Waals surface area contributed by atoms with Gasteiger partial charge in [-0.2, -0.15) is 0 Å². The average molecular weight is 194 g/mol. The Bertz CT molecular complexity index is 204. The van der Waals surface area contributed by atoms with Crippen LogP contribution < -0.4 is 0 Å². The van der Waals surface area contributed by atoms with Crippen LogP contribution in [0.15, 0.2) is 0 Å². The van der Waals surface area contributed by atoms with Crippen LogP contribution >= 0.6 is 0 Å². The lowest BCUT2D eigenvalue weighted by Gasteiger charge is -2.34. The summed E-state index contributed by atoms with van der Waals surface area (Å²) in [7, 11) is 0. The van der Waals surface area contributed by atoms with E-state index in [4.69, 9.17) is 6.42 Å². The van der Waals surface area contributed by atoms with Crippen LogP contribution in [0.2, 0.25) is 0 Å². The predicted octanol–water partition coefficient (Wildman–Crippen LogP) is 4.35. The number of rotatable bonds is 2. The molecule has 0 radical (unpaired) electrons. The standard InChI is InChI=1S/C14H26/c1-9-12(14(6,7)8)10-11(2)13(3,4)5/h1,11-12H,10H2,2-8H3. The van der Waals surface area contributed by atoms with Crippen molar-refractivity contribution >= 4 is 0 Å². The monoisotopic (exact) mass is 194 g/mol. The molecule has 0 saturated carbocycles. The minimum atomic E-state index is 0.230. The second-order valence-corrected chi connectivity index (χ2v) is 6.59. The molecule has 0 aliphatic rings. The molecule has 0 aromatic rings. The maximum Gasteiger partial charge on any atom is 0.0251 e. The van der Waals surface area contributed by atoms with Crippen LogP contribution in [-0.2, 0) is 0 Å². The largest absolute Gasteiger partial charge is 0.120 e. The second kappa shape index (κ2) is 4.39. The van der Waals surface area contributed by atoms with Gasteiger partial charge in [0.15, 0.2) is 0 Å². The first kappa shape index (κ1) is 13.6. The maximum atomic E-state index is 5.60. The molecule has 82 valence electrons. The molecule has 0 aliphatic heterocycles. The molecule has 0 aromatic carbocycles. The summed E-state index contributed by atoms with van der Waals surface area (Å²) in [6, 6.07) is 0. The molecule has 0 heterocycles. The van der Waals surface area contributed by atoms with Crippen molar-refractivity contribution < 1.29 is 0 Å². The minimum absolute atomic E-state index is 0.230. The Morgan fingerprint density at radius 1 is 1.00 bits per heavy atom. The average Bonchev–Trinajstić information content (AvgIpc) is 1.95.